The summed E-state index contributed by atoms with van der Waals surface area (Å²) in [6, 6.07) is 26.0. The van der Waals surface area contributed by atoms with Gasteiger partial charge in [0.1, 0.15) is 11.1 Å². The molecule has 32 heavy (non-hydrogen) atoms. The van der Waals surface area contributed by atoms with E-state index in [0.29, 0.717) is 11.6 Å². The number of benzene rings is 3. The molecule has 1 N–H and O–H groups in total. The number of amides is 1. The fourth-order valence-corrected chi connectivity index (χ4v) is 4.66. The number of rotatable bonds is 7. The van der Waals surface area contributed by atoms with Gasteiger partial charge in [-0.3, -0.25) is 4.79 Å². The monoisotopic (exact) mass is 442 g/mol. The second-order valence-corrected chi connectivity index (χ2v) is 8.97. The molecule has 1 amide bonds. The SMILES string of the molecule is Cc1cc(C)cc(NC(=O)[C@H](Sc2nnc(Cc3ccccc3)n2C)c2ccccc2)c1. The Morgan fingerprint density at radius 2 is 1.56 bits per heavy atom. The number of aryl methyl sites for hydroxylation is 2. The maximum atomic E-state index is 13.4. The van der Waals surface area contributed by atoms with Gasteiger partial charge in [0.15, 0.2) is 5.16 Å². The predicted octanol–water partition coefficient (Wildman–Crippen LogP) is 5.49. The summed E-state index contributed by atoms with van der Waals surface area (Å²) < 4.78 is 1.97. The number of hydrogen-bond acceptors (Lipinski definition) is 4. The van der Waals surface area contributed by atoms with Crippen LogP contribution >= 0.6 is 11.8 Å². The zero-order valence-electron chi connectivity index (χ0n) is 18.4. The number of anilines is 1. The van der Waals surface area contributed by atoms with E-state index in [1.54, 1.807) is 0 Å². The standard InChI is InChI=1S/C26H26N4OS/c1-18-14-19(2)16-22(15-18)27-25(31)24(21-12-8-5-9-13-21)32-26-29-28-23(30(26)3)17-20-10-6-4-7-11-20/h4-16,24H,17H2,1-3H3,(H,27,31)/t24-/m1/s1. The molecule has 0 aliphatic rings. The summed E-state index contributed by atoms with van der Waals surface area (Å²) in [6.45, 7) is 4.06. The van der Waals surface area contributed by atoms with Gasteiger partial charge in [0.05, 0.1) is 0 Å². The van der Waals surface area contributed by atoms with Gasteiger partial charge in [0, 0.05) is 19.2 Å². The first-order valence-electron chi connectivity index (χ1n) is 10.5. The van der Waals surface area contributed by atoms with Gasteiger partial charge >= 0.3 is 0 Å². The molecule has 5 nitrogen and oxygen atoms in total. The summed E-state index contributed by atoms with van der Waals surface area (Å²) in [5.41, 5.74) is 5.13. The Morgan fingerprint density at radius 1 is 0.938 bits per heavy atom. The van der Waals surface area contributed by atoms with Crippen LogP contribution < -0.4 is 5.32 Å². The van der Waals surface area contributed by atoms with Gasteiger partial charge in [0.2, 0.25) is 5.91 Å². The van der Waals surface area contributed by atoms with Gasteiger partial charge in [-0.05, 0) is 48.2 Å². The van der Waals surface area contributed by atoms with Crippen LogP contribution in [0.1, 0.15) is 33.3 Å². The quantitative estimate of drug-likeness (QED) is 0.384. The summed E-state index contributed by atoms with van der Waals surface area (Å²) in [5, 5.41) is 12.1. The minimum atomic E-state index is -0.454. The molecule has 0 bridgehead atoms. The van der Waals surface area contributed by atoms with Gasteiger partial charge in [0.25, 0.3) is 0 Å². The van der Waals surface area contributed by atoms with Crippen LogP contribution in [0.25, 0.3) is 0 Å². The molecule has 1 aromatic heterocycles. The van der Waals surface area contributed by atoms with Crippen LogP contribution in [0.3, 0.4) is 0 Å². The molecule has 0 spiro atoms. The Morgan fingerprint density at radius 3 is 2.22 bits per heavy atom. The Hall–Kier alpha value is -3.38. The summed E-state index contributed by atoms with van der Waals surface area (Å²) >= 11 is 1.41. The molecule has 0 aliphatic carbocycles. The molecule has 162 valence electrons. The first kappa shape index (κ1) is 21.8. The molecule has 0 radical (unpaired) electrons. The average Bonchev–Trinajstić information content (AvgIpc) is 3.11. The van der Waals surface area contributed by atoms with Crippen molar-refractivity contribution in [1.82, 2.24) is 14.8 Å². The number of carbonyl (C=O) groups is 1. The summed E-state index contributed by atoms with van der Waals surface area (Å²) in [5.74, 6) is 0.777. The highest BCUT2D eigenvalue weighted by Crippen LogP contribution is 2.35. The van der Waals surface area contributed by atoms with Crippen molar-refractivity contribution < 1.29 is 4.79 Å². The van der Waals surface area contributed by atoms with E-state index in [4.69, 9.17) is 0 Å². The number of nitrogens with zero attached hydrogens (tertiary/aromatic N) is 3. The lowest BCUT2D eigenvalue weighted by Crippen LogP contribution is -2.19. The van der Waals surface area contributed by atoms with Crippen LogP contribution in [0.5, 0.6) is 0 Å². The maximum absolute atomic E-state index is 13.4. The minimum absolute atomic E-state index is 0.0844. The smallest absolute Gasteiger partial charge is 0.242 e. The normalized spacial score (nSPS) is 11.8. The van der Waals surface area contributed by atoms with Crippen molar-refractivity contribution in [2.24, 2.45) is 7.05 Å². The lowest BCUT2D eigenvalue weighted by atomic mass is 10.1. The molecule has 0 saturated heterocycles. The van der Waals surface area contributed by atoms with Crippen molar-refractivity contribution in [1.29, 1.82) is 0 Å². The summed E-state index contributed by atoms with van der Waals surface area (Å²) in [6.07, 6.45) is 0.690. The zero-order valence-corrected chi connectivity index (χ0v) is 19.3. The lowest BCUT2D eigenvalue weighted by Gasteiger charge is -2.17. The van der Waals surface area contributed by atoms with Crippen molar-refractivity contribution in [2.45, 2.75) is 30.7 Å². The maximum Gasteiger partial charge on any atom is 0.242 e. The van der Waals surface area contributed by atoms with E-state index in [2.05, 4.69) is 33.7 Å². The first-order valence-corrected chi connectivity index (χ1v) is 11.4. The largest absolute Gasteiger partial charge is 0.325 e. The van der Waals surface area contributed by atoms with Gasteiger partial charge in [-0.1, -0.05) is 78.5 Å². The predicted molar refractivity (Wildman–Crippen MR) is 130 cm³/mol. The highest BCUT2D eigenvalue weighted by molar-refractivity contribution is 8.00. The van der Waals surface area contributed by atoms with E-state index in [-0.39, 0.29) is 5.91 Å². The van der Waals surface area contributed by atoms with E-state index in [1.807, 2.05) is 86.1 Å². The fourth-order valence-electron chi connectivity index (χ4n) is 3.64. The number of thioether (sulfide) groups is 1. The van der Waals surface area contributed by atoms with Crippen LogP contribution in [-0.4, -0.2) is 20.7 Å². The molecule has 1 heterocycles. The summed E-state index contributed by atoms with van der Waals surface area (Å²) in [4.78, 5) is 13.4. The molecule has 4 rings (SSSR count). The van der Waals surface area contributed by atoms with Gasteiger partial charge in [-0.15, -0.1) is 10.2 Å². The Labute approximate surface area is 192 Å². The average molecular weight is 443 g/mol. The van der Waals surface area contributed by atoms with E-state index >= 15 is 0 Å². The third-order valence-corrected chi connectivity index (χ3v) is 6.47. The van der Waals surface area contributed by atoms with Crippen LogP contribution in [0.15, 0.2) is 84.0 Å². The van der Waals surface area contributed by atoms with E-state index in [0.717, 1.165) is 28.2 Å². The molecule has 0 fully saturated rings. The molecule has 0 saturated carbocycles. The lowest BCUT2D eigenvalue weighted by molar-refractivity contribution is -0.115. The Kier molecular flexibility index (Phi) is 6.71. The molecule has 1 atom stereocenters. The molecule has 4 aromatic rings. The van der Waals surface area contributed by atoms with Gasteiger partial charge < -0.3 is 9.88 Å². The molecule has 0 aliphatic heterocycles. The van der Waals surface area contributed by atoms with Gasteiger partial charge in [-0.25, -0.2) is 0 Å². The minimum Gasteiger partial charge on any atom is -0.325 e. The van der Waals surface area contributed by atoms with E-state index in [1.165, 1.54) is 17.3 Å². The van der Waals surface area contributed by atoms with Crippen molar-refractivity contribution in [3.63, 3.8) is 0 Å². The number of hydrogen-bond donors (Lipinski definition) is 1. The summed E-state index contributed by atoms with van der Waals surface area (Å²) in [7, 11) is 1.95. The van der Waals surface area contributed by atoms with Crippen molar-refractivity contribution in [3.05, 3.63) is 107 Å². The second kappa shape index (κ2) is 9.83. The molecular formula is C26H26N4OS. The highest BCUT2D eigenvalue weighted by Gasteiger charge is 2.25. The topological polar surface area (TPSA) is 59.8 Å². The van der Waals surface area contributed by atoms with Crippen molar-refractivity contribution >= 4 is 23.4 Å². The first-order chi connectivity index (χ1) is 15.5. The molecule has 0 unspecified atom stereocenters. The Balaban J connectivity index is 1.58. The molecule has 3 aromatic carbocycles. The fraction of sp³-hybridized carbons (Fsp3) is 0.192. The zero-order chi connectivity index (χ0) is 22.5. The number of nitrogens with one attached hydrogen (secondary N) is 1. The van der Waals surface area contributed by atoms with Crippen molar-refractivity contribution in [3.8, 4) is 0 Å². The molecular weight excluding hydrogens is 416 g/mol. The third-order valence-electron chi connectivity index (χ3n) is 5.18. The van der Waals surface area contributed by atoms with Crippen LogP contribution in [0.4, 0.5) is 5.69 Å². The van der Waals surface area contributed by atoms with Crippen LogP contribution in [0, 0.1) is 13.8 Å². The third kappa shape index (κ3) is 5.26. The number of carbonyl (C=O) groups excluding carboxylic acids is 1. The van der Waals surface area contributed by atoms with Crippen LogP contribution in [-0.2, 0) is 18.3 Å². The molecule has 6 heteroatoms. The number of aromatic nitrogens is 3. The van der Waals surface area contributed by atoms with Crippen LogP contribution in [0.2, 0.25) is 0 Å². The highest BCUT2D eigenvalue weighted by atomic mass is 32.2. The van der Waals surface area contributed by atoms with Gasteiger partial charge in [-0.2, -0.15) is 0 Å². The van der Waals surface area contributed by atoms with Crippen molar-refractivity contribution in [2.75, 3.05) is 5.32 Å². The van der Waals surface area contributed by atoms with E-state index < -0.39 is 5.25 Å². The second-order valence-electron chi connectivity index (χ2n) is 7.89. The van der Waals surface area contributed by atoms with E-state index in [9.17, 15) is 4.79 Å². The Bertz CT molecular complexity index is 1180.